The summed E-state index contributed by atoms with van der Waals surface area (Å²) in [4.78, 5) is 24.1. The molecule has 0 saturated heterocycles. The second-order valence-electron chi connectivity index (χ2n) is 6.89. The highest BCUT2D eigenvalue weighted by Gasteiger charge is 2.21. The van der Waals surface area contributed by atoms with E-state index >= 15 is 0 Å². The Hall–Kier alpha value is -2.77. The highest BCUT2D eigenvalue weighted by molar-refractivity contribution is 6.30. The Morgan fingerprint density at radius 1 is 1.07 bits per heavy atom. The number of halogens is 1. The molecule has 30 heavy (non-hydrogen) atoms. The molecule has 2 aromatic rings. The summed E-state index contributed by atoms with van der Waals surface area (Å²) in [6.45, 7) is 3.76. The normalized spacial score (nSPS) is 11.8. The van der Waals surface area contributed by atoms with Gasteiger partial charge in [0.25, 0.3) is 5.91 Å². The summed E-state index contributed by atoms with van der Waals surface area (Å²) in [7, 11) is 3.00. The summed E-state index contributed by atoms with van der Waals surface area (Å²) < 4.78 is 16.1. The van der Waals surface area contributed by atoms with Crippen LogP contribution < -0.4 is 14.8 Å². The van der Waals surface area contributed by atoms with Gasteiger partial charge in [-0.2, -0.15) is 0 Å². The summed E-state index contributed by atoms with van der Waals surface area (Å²) in [6, 6.07) is 10.1. The number of rotatable bonds is 10. The van der Waals surface area contributed by atoms with Gasteiger partial charge in [0, 0.05) is 23.6 Å². The van der Waals surface area contributed by atoms with Crippen LogP contribution in [0.1, 0.15) is 35.3 Å². The van der Waals surface area contributed by atoms with Crippen LogP contribution in [0.3, 0.4) is 0 Å². The molecule has 0 radical (unpaired) electrons. The van der Waals surface area contributed by atoms with Gasteiger partial charge in [-0.3, -0.25) is 4.79 Å². The van der Waals surface area contributed by atoms with Crippen LogP contribution in [0.25, 0.3) is 0 Å². The van der Waals surface area contributed by atoms with Crippen molar-refractivity contribution in [2.75, 3.05) is 14.2 Å². The SMILES string of the molecule is COc1ccc(CC(OC(C)C)C(=O)O)cc1CNC(=O)c1ccc(Cl)cc1OC. The van der Waals surface area contributed by atoms with Crippen molar-refractivity contribution < 1.29 is 28.9 Å². The first kappa shape index (κ1) is 23.5. The molecular formula is C22H26ClNO6. The van der Waals surface area contributed by atoms with Gasteiger partial charge in [0.1, 0.15) is 11.5 Å². The fraction of sp³-hybridized carbons (Fsp3) is 0.364. The molecule has 0 aliphatic rings. The Bertz CT molecular complexity index is 899. The van der Waals surface area contributed by atoms with Crippen LogP contribution in [0.15, 0.2) is 36.4 Å². The van der Waals surface area contributed by atoms with Crippen molar-refractivity contribution in [3.63, 3.8) is 0 Å². The molecule has 8 heteroatoms. The number of carboxylic acid groups (broad SMARTS) is 1. The Balaban J connectivity index is 2.17. The zero-order chi connectivity index (χ0) is 22.3. The summed E-state index contributed by atoms with van der Waals surface area (Å²) in [5, 5.41) is 12.7. The maximum absolute atomic E-state index is 12.6. The quantitative estimate of drug-likeness (QED) is 0.590. The number of amides is 1. The lowest BCUT2D eigenvalue weighted by Gasteiger charge is -2.18. The minimum atomic E-state index is -1.02. The van der Waals surface area contributed by atoms with Crippen LogP contribution >= 0.6 is 11.6 Å². The number of aliphatic carboxylic acids is 1. The largest absolute Gasteiger partial charge is 0.496 e. The predicted octanol–water partition coefficient (Wildman–Crippen LogP) is 3.71. The van der Waals surface area contributed by atoms with Crippen molar-refractivity contribution in [2.24, 2.45) is 0 Å². The van der Waals surface area contributed by atoms with Gasteiger partial charge in [-0.15, -0.1) is 0 Å². The average Bonchev–Trinajstić information content (AvgIpc) is 2.71. The number of ether oxygens (including phenoxy) is 3. The minimum absolute atomic E-state index is 0.185. The minimum Gasteiger partial charge on any atom is -0.496 e. The number of nitrogens with one attached hydrogen (secondary N) is 1. The van der Waals surface area contributed by atoms with E-state index in [1.165, 1.54) is 14.2 Å². The lowest BCUT2D eigenvalue weighted by atomic mass is 10.0. The molecule has 7 nitrogen and oxygen atoms in total. The standard InChI is InChI=1S/C22H26ClNO6/c1-13(2)30-20(22(26)27)10-14-5-8-18(28-3)15(9-14)12-24-21(25)17-7-6-16(23)11-19(17)29-4/h5-9,11,13,20H,10,12H2,1-4H3,(H,24,25)(H,26,27). The summed E-state index contributed by atoms with van der Waals surface area (Å²) in [5.74, 6) is -0.402. The smallest absolute Gasteiger partial charge is 0.333 e. The van der Waals surface area contributed by atoms with Gasteiger partial charge < -0.3 is 24.6 Å². The van der Waals surface area contributed by atoms with Crippen LogP contribution in [-0.2, 0) is 22.5 Å². The van der Waals surface area contributed by atoms with Gasteiger partial charge in [0.15, 0.2) is 6.10 Å². The van der Waals surface area contributed by atoms with Crippen molar-refractivity contribution in [1.82, 2.24) is 5.32 Å². The molecule has 0 aliphatic carbocycles. The zero-order valence-corrected chi connectivity index (χ0v) is 18.2. The topological polar surface area (TPSA) is 94.1 Å². The van der Waals surface area contributed by atoms with E-state index in [2.05, 4.69) is 5.32 Å². The number of benzene rings is 2. The van der Waals surface area contributed by atoms with Gasteiger partial charge in [0.05, 0.1) is 25.9 Å². The first-order valence-corrected chi connectivity index (χ1v) is 9.78. The van der Waals surface area contributed by atoms with Gasteiger partial charge in [-0.1, -0.05) is 23.7 Å². The van der Waals surface area contributed by atoms with E-state index in [9.17, 15) is 14.7 Å². The molecule has 0 spiro atoms. The molecule has 1 amide bonds. The number of carboxylic acids is 1. The number of hydrogen-bond acceptors (Lipinski definition) is 5. The van der Waals surface area contributed by atoms with Crippen molar-refractivity contribution >= 4 is 23.5 Å². The van der Waals surface area contributed by atoms with E-state index < -0.39 is 12.1 Å². The van der Waals surface area contributed by atoms with Crippen molar-refractivity contribution in [1.29, 1.82) is 0 Å². The highest BCUT2D eigenvalue weighted by Crippen LogP contribution is 2.24. The molecule has 0 bridgehead atoms. The molecule has 2 N–H and O–H groups in total. The maximum atomic E-state index is 12.6. The molecule has 0 saturated carbocycles. The molecule has 2 aromatic carbocycles. The monoisotopic (exact) mass is 435 g/mol. The summed E-state index contributed by atoms with van der Waals surface area (Å²) >= 11 is 5.95. The second kappa shape index (κ2) is 10.8. The second-order valence-corrected chi connectivity index (χ2v) is 7.33. The fourth-order valence-corrected chi connectivity index (χ4v) is 3.12. The molecule has 0 aliphatic heterocycles. The Labute approximate surface area is 180 Å². The third-order valence-corrected chi connectivity index (χ3v) is 4.56. The van der Waals surface area contributed by atoms with E-state index in [1.807, 2.05) is 0 Å². The Kier molecular flexibility index (Phi) is 8.50. The third-order valence-electron chi connectivity index (χ3n) is 4.33. The van der Waals surface area contributed by atoms with Crippen LogP contribution in [0, 0.1) is 0 Å². The van der Waals surface area contributed by atoms with Crippen molar-refractivity contribution in [3.05, 3.63) is 58.1 Å². The van der Waals surface area contributed by atoms with Gasteiger partial charge >= 0.3 is 5.97 Å². The molecule has 0 heterocycles. The molecule has 2 rings (SSSR count). The van der Waals surface area contributed by atoms with Crippen LogP contribution in [0.5, 0.6) is 11.5 Å². The van der Waals surface area contributed by atoms with Gasteiger partial charge in [-0.25, -0.2) is 4.79 Å². The van der Waals surface area contributed by atoms with Crippen molar-refractivity contribution in [3.8, 4) is 11.5 Å². The van der Waals surface area contributed by atoms with Crippen LogP contribution in [0.4, 0.5) is 0 Å². The van der Waals surface area contributed by atoms with E-state index in [-0.39, 0.29) is 25.0 Å². The molecule has 0 aromatic heterocycles. The number of hydrogen-bond donors (Lipinski definition) is 2. The number of carbonyl (C=O) groups excluding carboxylic acids is 1. The van der Waals surface area contributed by atoms with Gasteiger partial charge in [-0.05, 0) is 43.7 Å². The Morgan fingerprint density at radius 2 is 1.77 bits per heavy atom. The Morgan fingerprint density at radius 3 is 2.37 bits per heavy atom. The van der Waals surface area contributed by atoms with E-state index in [4.69, 9.17) is 25.8 Å². The molecule has 1 unspecified atom stereocenters. The number of methoxy groups -OCH3 is 2. The first-order chi connectivity index (χ1) is 14.2. The molecule has 162 valence electrons. The van der Waals surface area contributed by atoms with Crippen molar-refractivity contribution in [2.45, 2.75) is 39.0 Å². The average molecular weight is 436 g/mol. The highest BCUT2D eigenvalue weighted by atomic mass is 35.5. The van der Waals surface area contributed by atoms with E-state index in [0.29, 0.717) is 27.6 Å². The van der Waals surface area contributed by atoms with Crippen LogP contribution in [0.2, 0.25) is 5.02 Å². The predicted molar refractivity (Wildman–Crippen MR) is 114 cm³/mol. The lowest BCUT2D eigenvalue weighted by molar-refractivity contribution is -0.153. The summed E-state index contributed by atoms with van der Waals surface area (Å²) in [5.41, 5.74) is 1.83. The zero-order valence-electron chi connectivity index (χ0n) is 17.4. The summed E-state index contributed by atoms with van der Waals surface area (Å²) in [6.07, 6.45) is -0.972. The van der Waals surface area contributed by atoms with E-state index in [1.54, 1.807) is 50.2 Å². The van der Waals surface area contributed by atoms with Crippen LogP contribution in [-0.4, -0.2) is 43.4 Å². The third kappa shape index (κ3) is 6.37. The molecule has 0 fully saturated rings. The number of carbonyl (C=O) groups is 2. The molecule has 1 atom stereocenters. The van der Waals surface area contributed by atoms with E-state index in [0.717, 1.165) is 5.56 Å². The lowest BCUT2D eigenvalue weighted by Crippen LogP contribution is -2.29. The fourth-order valence-electron chi connectivity index (χ4n) is 2.96. The molecular weight excluding hydrogens is 410 g/mol. The van der Waals surface area contributed by atoms with Gasteiger partial charge in [0.2, 0.25) is 0 Å². The maximum Gasteiger partial charge on any atom is 0.333 e. The first-order valence-electron chi connectivity index (χ1n) is 9.41.